The number of hydrogen-bond donors (Lipinski definition) is 0. The second-order valence-corrected chi connectivity index (χ2v) is 11.7. The maximum Gasteiger partial charge on any atom is 0.192 e. The molecule has 0 bridgehead atoms. The highest BCUT2D eigenvalue weighted by Crippen LogP contribution is 2.36. The first-order chi connectivity index (χ1) is 9.06. The number of ether oxygens (including phenoxy) is 1. The number of halogens is 3. The van der Waals surface area contributed by atoms with E-state index in [1.54, 1.807) is 0 Å². The molecule has 0 aliphatic heterocycles. The van der Waals surface area contributed by atoms with E-state index in [1.807, 2.05) is 0 Å². The van der Waals surface area contributed by atoms with E-state index >= 15 is 0 Å². The van der Waals surface area contributed by atoms with E-state index in [1.165, 1.54) is 6.07 Å². The fraction of sp³-hybridized carbons (Fsp3) is 0.571. The van der Waals surface area contributed by atoms with Gasteiger partial charge in [0.15, 0.2) is 20.0 Å². The van der Waals surface area contributed by atoms with Crippen molar-refractivity contribution in [3.05, 3.63) is 28.2 Å². The van der Waals surface area contributed by atoms with E-state index in [9.17, 15) is 8.78 Å². The zero-order valence-corrected chi connectivity index (χ0v) is 15.1. The first-order valence-corrected chi connectivity index (χ1v) is 10.2. The van der Waals surface area contributed by atoms with Gasteiger partial charge in [0.1, 0.15) is 12.4 Å². The minimum absolute atomic E-state index is 0.00447. The van der Waals surface area contributed by atoms with Crippen LogP contribution >= 0.6 is 15.9 Å². The van der Waals surface area contributed by atoms with Gasteiger partial charge in [-0.2, -0.15) is 0 Å². The van der Waals surface area contributed by atoms with Crippen LogP contribution in [0.3, 0.4) is 0 Å². The van der Waals surface area contributed by atoms with E-state index in [2.05, 4.69) is 49.8 Å². The SMILES string of the molecule is CC(C)(C)[Si](C)(C)OCCOc1ccc(F)c(F)c1Br. The van der Waals surface area contributed by atoms with Gasteiger partial charge in [-0.1, -0.05) is 20.8 Å². The van der Waals surface area contributed by atoms with Crippen molar-refractivity contribution in [2.45, 2.75) is 38.9 Å². The van der Waals surface area contributed by atoms with Crippen molar-refractivity contribution in [1.82, 2.24) is 0 Å². The molecule has 0 heterocycles. The quantitative estimate of drug-likeness (QED) is 0.408. The molecule has 0 spiro atoms. The molecule has 2 nitrogen and oxygen atoms in total. The van der Waals surface area contributed by atoms with Gasteiger partial charge in [-0.25, -0.2) is 8.78 Å². The Morgan fingerprint density at radius 1 is 1.15 bits per heavy atom. The molecule has 0 saturated carbocycles. The van der Waals surface area contributed by atoms with Gasteiger partial charge in [0.25, 0.3) is 0 Å². The first kappa shape index (κ1) is 17.6. The lowest BCUT2D eigenvalue weighted by Gasteiger charge is -2.36. The molecule has 1 rings (SSSR count). The second-order valence-electron chi connectivity index (χ2n) is 6.13. The largest absolute Gasteiger partial charge is 0.490 e. The van der Waals surface area contributed by atoms with E-state index in [4.69, 9.17) is 9.16 Å². The van der Waals surface area contributed by atoms with Crippen molar-refractivity contribution in [3.63, 3.8) is 0 Å². The molecule has 1 aromatic rings. The van der Waals surface area contributed by atoms with Crippen LogP contribution in [-0.2, 0) is 4.43 Å². The van der Waals surface area contributed by atoms with Crippen LogP contribution in [0.15, 0.2) is 16.6 Å². The van der Waals surface area contributed by atoms with Gasteiger partial charge in [0, 0.05) is 0 Å². The fourth-order valence-electron chi connectivity index (χ4n) is 1.28. The van der Waals surface area contributed by atoms with Crippen molar-refractivity contribution < 1.29 is 17.9 Å². The van der Waals surface area contributed by atoms with Crippen LogP contribution in [0.1, 0.15) is 20.8 Å². The molecule has 0 amide bonds. The Morgan fingerprint density at radius 3 is 2.30 bits per heavy atom. The van der Waals surface area contributed by atoms with Crippen LogP contribution in [0, 0.1) is 11.6 Å². The van der Waals surface area contributed by atoms with Crippen molar-refractivity contribution in [2.24, 2.45) is 0 Å². The molecule has 0 aliphatic carbocycles. The van der Waals surface area contributed by atoms with Crippen molar-refractivity contribution in [3.8, 4) is 5.75 Å². The van der Waals surface area contributed by atoms with Crippen molar-refractivity contribution in [1.29, 1.82) is 0 Å². The minimum Gasteiger partial charge on any atom is -0.490 e. The summed E-state index contributed by atoms with van der Waals surface area (Å²) in [5, 5.41) is 0.134. The third-order valence-electron chi connectivity index (χ3n) is 3.61. The van der Waals surface area contributed by atoms with E-state index in [0.717, 1.165) is 6.07 Å². The summed E-state index contributed by atoms with van der Waals surface area (Å²) in [6.45, 7) is 11.5. The number of rotatable bonds is 5. The molecule has 0 aliphatic rings. The molecule has 0 N–H and O–H groups in total. The zero-order chi connectivity index (χ0) is 15.6. The Bertz CT molecular complexity index is 473. The van der Waals surface area contributed by atoms with Crippen molar-refractivity contribution >= 4 is 24.2 Å². The van der Waals surface area contributed by atoms with E-state index in [-0.39, 0.29) is 15.3 Å². The predicted molar refractivity (Wildman–Crippen MR) is 82.7 cm³/mol. The second kappa shape index (κ2) is 6.53. The summed E-state index contributed by atoms with van der Waals surface area (Å²) in [6.07, 6.45) is 0. The molecular weight excluding hydrogens is 346 g/mol. The topological polar surface area (TPSA) is 18.5 Å². The Balaban J connectivity index is 2.53. The lowest BCUT2D eigenvalue weighted by atomic mass is 10.2. The summed E-state index contributed by atoms with van der Waals surface area (Å²) in [7, 11) is -1.80. The van der Waals surface area contributed by atoms with Crippen LogP contribution in [0.2, 0.25) is 18.1 Å². The van der Waals surface area contributed by atoms with Crippen LogP contribution in [0.5, 0.6) is 5.75 Å². The Hall–Kier alpha value is -0.463. The Labute approximate surface area is 128 Å². The highest BCUT2D eigenvalue weighted by Gasteiger charge is 2.36. The van der Waals surface area contributed by atoms with Crippen LogP contribution < -0.4 is 4.74 Å². The lowest BCUT2D eigenvalue weighted by Crippen LogP contribution is -2.41. The number of hydrogen-bond acceptors (Lipinski definition) is 2. The molecule has 0 aromatic heterocycles. The molecule has 20 heavy (non-hydrogen) atoms. The smallest absolute Gasteiger partial charge is 0.192 e. The third-order valence-corrected chi connectivity index (χ3v) is 8.89. The van der Waals surface area contributed by atoms with Gasteiger partial charge in [-0.3, -0.25) is 0 Å². The fourth-order valence-corrected chi connectivity index (χ4v) is 2.75. The summed E-state index contributed by atoms with van der Waals surface area (Å²) in [4.78, 5) is 0. The average Bonchev–Trinajstić information content (AvgIpc) is 2.32. The molecule has 0 fully saturated rings. The van der Waals surface area contributed by atoms with E-state index in [0.29, 0.717) is 13.2 Å². The maximum atomic E-state index is 13.3. The minimum atomic E-state index is -1.80. The first-order valence-electron chi connectivity index (χ1n) is 6.46. The Morgan fingerprint density at radius 2 is 1.75 bits per heavy atom. The van der Waals surface area contributed by atoms with E-state index < -0.39 is 20.0 Å². The van der Waals surface area contributed by atoms with Crippen LogP contribution in [0.4, 0.5) is 8.78 Å². The molecule has 114 valence electrons. The average molecular weight is 367 g/mol. The van der Waals surface area contributed by atoms with Gasteiger partial charge in [-0.05, 0) is 46.2 Å². The highest BCUT2D eigenvalue weighted by atomic mass is 79.9. The predicted octanol–water partition coefficient (Wildman–Crippen LogP) is 5.13. The van der Waals surface area contributed by atoms with Gasteiger partial charge >= 0.3 is 0 Å². The zero-order valence-electron chi connectivity index (χ0n) is 12.5. The molecule has 0 atom stereocenters. The normalized spacial score (nSPS) is 12.6. The molecule has 1 aromatic carbocycles. The molecule has 0 unspecified atom stereocenters. The van der Waals surface area contributed by atoms with Crippen LogP contribution in [-0.4, -0.2) is 21.5 Å². The summed E-state index contributed by atoms with van der Waals surface area (Å²) < 4.78 is 37.6. The maximum absolute atomic E-state index is 13.3. The molecule has 0 radical (unpaired) electrons. The molecule has 0 saturated heterocycles. The Kier molecular flexibility index (Phi) is 5.75. The highest BCUT2D eigenvalue weighted by molar-refractivity contribution is 9.10. The van der Waals surface area contributed by atoms with Gasteiger partial charge in [0.2, 0.25) is 0 Å². The lowest BCUT2D eigenvalue weighted by molar-refractivity contribution is 0.202. The summed E-state index contributed by atoms with van der Waals surface area (Å²) in [6, 6.07) is 2.44. The third kappa shape index (κ3) is 4.26. The molecule has 6 heteroatoms. The van der Waals surface area contributed by atoms with Crippen molar-refractivity contribution in [2.75, 3.05) is 13.2 Å². The molecular formula is C14H21BrF2O2Si. The number of benzene rings is 1. The monoisotopic (exact) mass is 366 g/mol. The van der Waals surface area contributed by atoms with Gasteiger partial charge in [-0.15, -0.1) is 0 Å². The van der Waals surface area contributed by atoms with Crippen LogP contribution in [0.25, 0.3) is 0 Å². The summed E-state index contributed by atoms with van der Waals surface area (Å²) in [5.74, 6) is -1.56. The van der Waals surface area contributed by atoms with Gasteiger partial charge < -0.3 is 9.16 Å². The summed E-state index contributed by atoms with van der Waals surface area (Å²) >= 11 is 2.98. The standard InChI is InChI=1S/C14H21BrF2O2Si/c1-14(2,3)20(4,5)19-9-8-18-11-7-6-10(16)13(17)12(11)15/h6-7H,8-9H2,1-5H3. The summed E-state index contributed by atoms with van der Waals surface area (Å²) in [5.41, 5.74) is 0. The van der Waals surface area contributed by atoms with Gasteiger partial charge in [0.05, 0.1) is 11.1 Å².